The number of carboxylic acids is 1. The van der Waals surface area contributed by atoms with Gasteiger partial charge in [0.2, 0.25) is 0 Å². The Hall–Kier alpha value is -1.65. The standard InChI is InChI=1S/C15H19F2NO2/c1-9-5-3-2-4-6-13(9)18-14-11(16)7-10(15(19)20)8-12(14)17/h7-9,13,18H,2-6H2,1H3,(H,19,20). The molecular weight excluding hydrogens is 264 g/mol. The number of rotatable bonds is 3. The normalized spacial score (nSPS) is 23.1. The third-order valence-corrected chi connectivity index (χ3v) is 3.98. The van der Waals surface area contributed by atoms with Crippen LogP contribution in [0, 0.1) is 17.6 Å². The van der Waals surface area contributed by atoms with E-state index in [9.17, 15) is 13.6 Å². The Labute approximate surface area is 117 Å². The Morgan fingerprint density at radius 1 is 1.20 bits per heavy atom. The number of hydrogen-bond acceptors (Lipinski definition) is 2. The van der Waals surface area contributed by atoms with Gasteiger partial charge in [0.25, 0.3) is 0 Å². The second kappa shape index (κ2) is 6.20. The number of nitrogens with one attached hydrogen (secondary N) is 1. The summed E-state index contributed by atoms with van der Waals surface area (Å²) in [6.45, 7) is 2.07. The minimum absolute atomic E-state index is 0.0252. The summed E-state index contributed by atoms with van der Waals surface area (Å²) in [4.78, 5) is 10.8. The molecule has 5 heteroatoms. The highest BCUT2D eigenvalue weighted by Crippen LogP contribution is 2.28. The van der Waals surface area contributed by atoms with E-state index in [2.05, 4.69) is 12.2 Å². The average Bonchev–Trinajstić information content (AvgIpc) is 2.58. The first-order valence-corrected chi connectivity index (χ1v) is 6.98. The molecule has 0 bridgehead atoms. The van der Waals surface area contributed by atoms with E-state index in [4.69, 9.17) is 5.11 Å². The maximum Gasteiger partial charge on any atom is 0.335 e. The van der Waals surface area contributed by atoms with Gasteiger partial charge in [-0.1, -0.05) is 26.2 Å². The summed E-state index contributed by atoms with van der Waals surface area (Å²) in [6.07, 6.45) is 5.24. The molecular formula is C15H19F2NO2. The molecule has 1 aliphatic rings. The molecule has 0 radical (unpaired) electrons. The first-order chi connectivity index (χ1) is 9.49. The first-order valence-electron chi connectivity index (χ1n) is 6.98. The third-order valence-electron chi connectivity index (χ3n) is 3.98. The fourth-order valence-electron chi connectivity index (χ4n) is 2.73. The highest BCUT2D eigenvalue weighted by Gasteiger charge is 2.23. The summed E-state index contributed by atoms with van der Waals surface area (Å²) in [5.41, 5.74) is -0.590. The van der Waals surface area contributed by atoms with E-state index in [0.29, 0.717) is 5.92 Å². The molecule has 0 amide bonds. The van der Waals surface area contributed by atoms with Crippen LogP contribution in [-0.2, 0) is 0 Å². The van der Waals surface area contributed by atoms with Gasteiger partial charge in [-0.15, -0.1) is 0 Å². The van der Waals surface area contributed by atoms with Crippen molar-refractivity contribution in [1.29, 1.82) is 0 Å². The third kappa shape index (κ3) is 3.26. The zero-order valence-corrected chi connectivity index (χ0v) is 11.5. The molecule has 1 fully saturated rings. The van der Waals surface area contributed by atoms with Crippen molar-refractivity contribution in [1.82, 2.24) is 0 Å². The van der Waals surface area contributed by atoms with Gasteiger partial charge in [0.1, 0.15) is 17.3 Å². The molecule has 2 unspecified atom stereocenters. The fourth-order valence-corrected chi connectivity index (χ4v) is 2.73. The molecule has 0 saturated heterocycles. The molecule has 0 spiro atoms. The van der Waals surface area contributed by atoms with Gasteiger partial charge in [-0.2, -0.15) is 0 Å². The second-order valence-corrected chi connectivity index (χ2v) is 5.49. The van der Waals surface area contributed by atoms with Crippen molar-refractivity contribution in [2.75, 3.05) is 5.32 Å². The van der Waals surface area contributed by atoms with E-state index in [1.807, 2.05) is 0 Å². The molecule has 0 aromatic heterocycles. The number of carbonyl (C=O) groups is 1. The number of aromatic carboxylic acids is 1. The molecule has 0 aliphatic heterocycles. The van der Waals surface area contributed by atoms with Gasteiger partial charge < -0.3 is 10.4 Å². The van der Waals surface area contributed by atoms with E-state index < -0.39 is 17.6 Å². The Kier molecular flexibility index (Phi) is 4.57. The predicted octanol–water partition coefficient (Wildman–Crippen LogP) is 4.04. The van der Waals surface area contributed by atoms with Crippen molar-refractivity contribution in [3.8, 4) is 0 Å². The number of halogens is 2. The lowest BCUT2D eigenvalue weighted by Gasteiger charge is -2.24. The molecule has 0 heterocycles. The summed E-state index contributed by atoms with van der Waals surface area (Å²) in [6, 6.07) is 1.74. The lowest BCUT2D eigenvalue weighted by atomic mass is 9.96. The van der Waals surface area contributed by atoms with Crippen molar-refractivity contribution < 1.29 is 18.7 Å². The minimum atomic E-state index is -1.34. The van der Waals surface area contributed by atoms with Crippen LogP contribution in [0.15, 0.2) is 12.1 Å². The maximum absolute atomic E-state index is 13.9. The van der Waals surface area contributed by atoms with Crippen LogP contribution < -0.4 is 5.32 Å². The van der Waals surface area contributed by atoms with Crippen LogP contribution in [0.5, 0.6) is 0 Å². The van der Waals surface area contributed by atoms with Crippen molar-refractivity contribution in [2.24, 2.45) is 5.92 Å². The summed E-state index contributed by atoms with van der Waals surface area (Å²) in [5.74, 6) is -2.69. The summed E-state index contributed by atoms with van der Waals surface area (Å²) in [7, 11) is 0. The smallest absolute Gasteiger partial charge is 0.335 e. The SMILES string of the molecule is CC1CCCCCC1Nc1c(F)cc(C(=O)O)cc1F. The van der Waals surface area contributed by atoms with Gasteiger partial charge in [-0.05, 0) is 30.9 Å². The van der Waals surface area contributed by atoms with Gasteiger partial charge in [0.15, 0.2) is 0 Å². The molecule has 1 aromatic carbocycles. The summed E-state index contributed by atoms with van der Waals surface area (Å²) >= 11 is 0. The Balaban J connectivity index is 2.22. The van der Waals surface area contributed by atoms with Crippen LogP contribution >= 0.6 is 0 Å². The molecule has 110 valence electrons. The quantitative estimate of drug-likeness (QED) is 0.823. The lowest BCUT2D eigenvalue weighted by molar-refractivity contribution is 0.0696. The largest absolute Gasteiger partial charge is 0.478 e. The van der Waals surface area contributed by atoms with Crippen LogP contribution in [0.25, 0.3) is 0 Å². The van der Waals surface area contributed by atoms with E-state index >= 15 is 0 Å². The van der Waals surface area contributed by atoms with Crippen LogP contribution in [0.1, 0.15) is 49.4 Å². The van der Waals surface area contributed by atoms with Crippen molar-refractivity contribution in [3.63, 3.8) is 0 Å². The molecule has 20 heavy (non-hydrogen) atoms. The van der Waals surface area contributed by atoms with Crippen molar-refractivity contribution in [2.45, 2.75) is 45.1 Å². The van der Waals surface area contributed by atoms with Gasteiger partial charge >= 0.3 is 5.97 Å². The number of carboxylic acid groups (broad SMARTS) is 1. The van der Waals surface area contributed by atoms with Crippen LogP contribution in [0.3, 0.4) is 0 Å². The van der Waals surface area contributed by atoms with E-state index in [0.717, 1.165) is 44.2 Å². The Morgan fingerprint density at radius 3 is 2.40 bits per heavy atom. The van der Waals surface area contributed by atoms with E-state index in [-0.39, 0.29) is 17.3 Å². The highest BCUT2D eigenvalue weighted by atomic mass is 19.1. The number of hydrogen-bond donors (Lipinski definition) is 2. The Bertz CT molecular complexity index is 482. The fraction of sp³-hybridized carbons (Fsp3) is 0.533. The summed E-state index contributed by atoms with van der Waals surface area (Å²) < 4.78 is 27.8. The highest BCUT2D eigenvalue weighted by molar-refractivity contribution is 5.88. The van der Waals surface area contributed by atoms with Crippen LogP contribution in [-0.4, -0.2) is 17.1 Å². The zero-order valence-electron chi connectivity index (χ0n) is 11.5. The minimum Gasteiger partial charge on any atom is -0.478 e. The zero-order chi connectivity index (χ0) is 14.7. The van der Waals surface area contributed by atoms with Crippen molar-refractivity contribution in [3.05, 3.63) is 29.3 Å². The molecule has 2 rings (SSSR count). The van der Waals surface area contributed by atoms with E-state index in [1.165, 1.54) is 0 Å². The van der Waals surface area contributed by atoms with Gasteiger partial charge in [-0.3, -0.25) is 0 Å². The topological polar surface area (TPSA) is 49.3 Å². The monoisotopic (exact) mass is 283 g/mol. The first kappa shape index (κ1) is 14.8. The number of anilines is 1. The molecule has 3 nitrogen and oxygen atoms in total. The molecule has 1 aromatic rings. The maximum atomic E-state index is 13.9. The molecule has 2 atom stereocenters. The van der Waals surface area contributed by atoms with Crippen LogP contribution in [0.2, 0.25) is 0 Å². The summed E-state index contributed by atoms with van der Waals surface area (Å²) in [5, 5.41) is 11.7. The van der Waals surface area contributed by atoms with Crippen molar-refractivity contribution >= 4 is 11.7 Å². The molecule has 1 aliphatic carbocycles. The predicted molar refractivity (Wildman–Crippen MR) is 73.0 cm³/mol. The lowest BCUT2D eigenvalue weighted by Crippen LogP contribution is -2.27. The van der Waals surface area contributed by atoms with Gasteiger partial charge in [0.05, 0.1) is 5.56 Å². The average molecular weight is 283 g/mol. The molecule has 1 saturated carbocycles. The van der Waals surface area contributed by atoms with Crippen LogP contribution in [0.4, 0.5) is 14.5 Å². The van der Waals surface area contributed by atoms with Gasteiger partial charge in [-0.25, -0.2) is 13.6 Å². The van der Waals surface area contributed by atoms with Gasteiger partial charge in [0, 0.05) is 6.04 Å². The second-order valence-electron chi connectivity index (χ2n) is 5.49. The number of benzene rings is 1. The Morgan fingerprint density at radius 2 is 1.80 bits per heavy atom. The molecule has 2 N–H and O–H groups in total. The van der Waals surface area contributed by atoms with E-state index in [1.54, 1.807) is 0 Å².